The summed E-state index contributed by atoms with van der Waals surface area (Å²) in [7, 11) is 1.66. The van der Waals surface area contributed by atoms with Crippen molar-refractivity contribution in [2.75, 3.05) is 20.2 Å². The zero-order valence-corrected chi connectivity index (χ0v) is 11.5. The van der Waals surface area contributed by atoms with Crippen LogP contribution in [-0.4, -0.2) is 31.0 Å². The van der Waals surface area contributed by atoms with Crippen LogP contribution in [0.25, 0.3) is 11.1 Å². The van der Waals surface area contributed by atoms with E-state index in [0.717, 1.165) is 48.4 Å². The Morgan fingerprint density at radius 2 is 1.89 bits per heavy atom. The number of amides is 1. The monoisotopic (exact) mass is 257 g/mol. The molecule has 1 aromatic carbocycles. The molecule has 1 fully saturated rings. The number of piperidine rings is 1. The highest BCUT2D eigenvalue weighted by Gasteiger charge is 2.31. The number of nitrogens with zero attached hydrogens (tertiary/aromatic N) is 1. The predicted molar refractivity (Wildman–Crippen MR) is 75.9 cm³/mol. The van der Waals surface area contributed by atoms with Crippen molar-refractivity contribution in [3.63, 3.8) is 0 Å². The van der Waals surface area contributed by atoms with Gasteiger partial charge in [-0.25, -0.2) is 0 Å². The Labute approximate surface area is 113 Å². The highest BCUT2D eigenvalue weighted by Crippen LogP contribution is 2.42. The van der Waals surface area contributed by atoms with Gasteiger partial charge in [-0.1, -0.05) is 6.07 Å². The molecule has 0 bridgehead atoms. The fourth-order valence-electron chi connectivity index (χ4n) is 2.99. The van der Waals surface area contributed by atoms with Gasteiger partial charge in [-0.15, -0.1) is 0 Å². The van der Waals surface area contributed by atoms with E-state index < -0.39 is 0 Å². The van der Waals surface area contributed by atoms with Crippen LogP contribution in [0.15, 0.2) is 18.2 Å². The molecule has 3 heteroatoms. The average Bonchev–Trinajstić information content (AvgIpc) is 2.47. The average molecular weight is 257 g/mol. The standard InChI is InChI=1S/C16H19NO2/c1-11-13-7-6-12(19-2)10-14(13)15(11)16(18)17-8-4-3-5-9-17/h6-7,10H,3-5,8-9H2,1-2H3. The molecule has 2 aliphatic rings. The molecule has 100 valence electrons. The van der Waals surface area contributed by atoms with Crippen molar-refractivity contribution in [3.05, 3.63) is 29.3 Å². The van der Waals surface area contributed by atoms with E-state index in [1.54, 1.807) is 7.11 Å². The molecule has 0 unspecified atom stereocenters. The van der Waals surface area contributed by atoms with Gasteiger partial charge in [0.05, 0.1) is 12.7 Å². The number of benzene rings is 1. The number of allylic oxidation sites excluding steroid dienone is 1. The maximum absolute atomic E-state index is 12.6. The molecule has 1 aliphatic carbocycles. The normalized spacial score (nSPS) is 17.9. The fourth-order valence-corrected chi connectivity index (χ4v) is 2.99. The van der Waals surface area contributed by atoms with Crippen molar-refractivity contribution in [2.24, 2.45) is 0 Å². The molecule has 0 N–H and O–H groups in total. The third-order valence-electron chi connectivity index (χ3n) is 4.13. The topological polar surface area (TPSA) is 29.5 Å². The minimum absolute atomic E-state index is 0.193. The Kier molecular flexibility index (Phi) is 3.05. The zero-order chi connectivity index (χ0) is 13.4. The van der Waals surface area contributed by atoms with E-state index in [1.165, 1.54) is 12.0 Å². The van der Waals surface area contributed by atoms with Gasteiger partial charge in [0.25, 0.3) is 5.91 Å². The van der Waals surface area contributed by atoms with Crippen LogP contribution in [-0.2, 0) is 4.79 Å². The number of carbonyl (C=O) groups is 1. The van der Waals surface area contributed by atoms with Crippen molar-refractivity contribution < 1.29 is 9.53 Å². The molecule has 0 saturated carbocycles. The number of fused-ring (bicyclic) bond motifs is 1. The van der Waals surface area contributed by atoms with Crippen molar-refractivity contribution in [1.82, 2.24) is 4.90 Å². The zero-order valence-electron chi connectivity index (χ0n) is 11.5. The van der Waals surface area contributed by atoms with Gasteiger partial charge in [0, 0.05) is 13.1 Å². The summed E-state index contributed by atoms with van der Waals surface area (Å²) >= 11 is 0. The molecule has 0 spiro atoms. The van der Waals surface area contributed by atoms with E-state index >= 15 is 0 Å². The van der Waals surface area contributed by atoms with Crippen LogP contribution in [0.4, 0.5) is 0 Å². The molecule has 0 aromatic heterocycles. The highest BCUT2D eigenvalue weighted by molar-refractivity contribution is 6.32. The van der Waals surface area contributed by atoms with Crippen LogP contribution < -0.4 is 4.74 Å². The first-order valence-corrected chi connectivity index (χ1v) is 6.91. The van der Waals surface area contributed by atoms with Crippen LogP contribution >= 0.6 is 0 Å². The minimum atomic E-state index is 0.193. The lowest BCUT2D eigenvalue weighted by Gasteiger charge is -2.32. The minimum Gasteiger partial charge on any atom is -0.497 e. The van der Waals surface area contributed by atoms with Crippen molar-refractivity contribution in [3.8, 4) is 5.75 Å². The third kappa shape index (κ3) is 1.93. The number of carbonyl (C=O) groups excluding carboxylic acids is 1. The number of hydrogen-bond donors (Lipinski definition) is 0. The van der Waals surface area contributed by atoms with Gasteiger partial charge in [0.2, 0.25) is 0 Å². The van der Waals surface area contributed by atoms with E-state index in [-0.39, 0.29) is 5.91 Å². The lowest BCUT2D eigenvalue weighted by atomic mass is 9.80. The van der Waals surface area contributed by atoms with Crippen LogP contribution in [0.3, 0.4) is 0 Å². The molecule has 1 aromatic rings. The molecule has 3 nitrogen and oxygen atoms in total. The van der Waals surface area contributed by atoms with Crippen LogP contribution in [0.5, 0.6) is 5.75 Å². The van der Waals surface area contributed by atoms with Crippen LogP contribution in [0.2, 0.25) is 0 Å². The van der Waals surface area contributed by atoms with Crippen molar-refractivity contribution in [1.29, 1.82) is 0 Å². The summed E-state index contributed by atoms with van der Waals surface area (Å²) < 4.78 is 5.25. The summed E-state index contributed by atoms with van der Waals surface area (Å²) in [5.74, 6) is 1.01. The SMILES string of the molecule is COc1ccc2c(c1)C(C(=O)N1CCCCC1)=C2C. The summed E-state index contributed by atoms with van der Waals surface area (Å²) in [5, 5.41) is 0. The Morgan fingerprint density at radius 3 is 2.58 bits per heavy atom. The van der Waals surface area contributed by atoms with E-state index in [9.17, 15) is 4.79 Å². The van der Waals surface area contributed by atoms with Gasteiger partial charge in [0.15, 0.2) is 0 Å². The second-order valence-electron chi connectivity index (χ2n) is 5.26. The first-order valence-electron chi connectivity index (χ1n) is 6.91. The fraction of sp³-hybridized carbons (Fsp3) is 0.438. The number of rotatable bonds is 2. The molecule has 1 saturated heterocycles. The molecule has 1 aliphatic heterocycles. The van der Waals surface area contributed by atoms with Crippen LogP contribution in [0.1, 0.15) is 37.3 Å². The van der Waals surface area contributed by atoms with Crippen molar-refractivity contribution in [2.45, 2.75) is 26.2 Å². The molecular weight excluding hydrogens is 238 g/mol. The van der Waals surface area contributed by atoms with E-state index in [4.69, 9.17) is 4.74 Å². The maximum Gasteiger partial charge on any atom is 0.254 e. The summed E-state index contributed by atoms with van der Waals surface area (Å²) in [6, 6.07) is 5.96. The second-order valence-corrected chi connectivity index (χ2v) is 5.26. The number of likely N-dealkylation sites (tertiary alicyclic amines) is 1. The van der Waals surface area contributed by atoms with Gasteiger partial charge in [0.1, 0.15) is 5.75 Å². The summed E-state index contributed by atoms with van der Waals surface area (Å²) in [6.07, 6.45) is 3.50. The Balaban J connectivity index is 1.88. The van der Waals surface area contributed by atoms with E-state index in [0.29, 0.717) is 0 Å². The lowest BCUT2D eigenvalue weighted by molar-refractivity contribution is -0.125. The van der Waals surface area contributed by atoms with Crippen molar-refractivity contribution >= 4 is 17.1 Å². The van der Waals surface area contributed by atoms with Gasteiger partial charge in [-0.3, -0.25) is 4.79 Å². The molecule has 3 rings (SSSR count). The lowest BCUT2D eigenvalue weighted by Crippen LogP contribution is -2.37. The Hall–Kier alpha value is -1.77. The quantitative estimate of drug-likeness (QED) is 0.815. The molecule has 0 radical (unpaired) electrons. The highest BCUT2D eigenvalue weighted by atomic mass is 16.5. The first-order chi connectivity index (χ1) is 9.22. The second kappa shape index (κ2) is 4.72. The van der Waals surface area contributed by atoms with E-state index in [1.807, 2.05) is 30.0 Å². The predicted octanol–water partition coefficient (Wildman–Crippen LogP) is 2.95. The Morgan fingerprint density at radius 1 is 1.16 bits per heavy atom. The summed E-state index contributed by atoms with van der Waals surface area (Å²) in [6.45, 7) is 3.83. The number of hydrogen-bond acceptors (Lipinski definition) is 2. The third-order valence-corrected chi connectivity index (χ3v) is 4.13. The smallest absolute Gasteiger partial charge is 0.254 e. The van der Waals surface area contributed by atoms with E-state index in [2.05, 4.69) is 0 Å². The number of methoxy groups -OCH3 is 1. The van der Waals surface area contributed by atoms with Crippen LogP contribution in [0, 0.1) is 0 Å². The molecular formula is C16H19NO2. The summed E-state index contributed by atoms with van der Waals surface area (Å²) in [4.78, 5) is 14.6. The van der Waals surface area contributed by atoms with Gasteiger partial charge in [-0.05, 0) is 55.0 Å². The molecule has 1 heterocycles. The summed E-state index contributed by atoms with van der Waals surface area (Å²) in [5.41, 5.74) is 4.23. The number of ether oxygens (including phenoxy) is 1. The largest absolute Gasteiger partial charge is 0.497 e. The molecule has 1 amide bonds. The molecule has 0 atom stereocenters. The molecule has 19 heavy (non-hydrogen) atoms. The Bertz CT molecular complexity index is 554. The first kappa shape index (κ1) is 12.3. The van der Waals surface area contributed by atoms with Gasteiger partial charge < -0.3 is 9.64 Å². The maximum atomic E-state index is 12.6. The van der Waals surface area contributed by atoms with Gasteiger partial charge in [-0.2, -0.15) is 0 Å². The van der Waals surface area contributed by atoms with Gasteiger partial charge >= 0.3 is 0 Å².